The Labute approximate surface area is 144 Å². The van der Waals surface area contributed by atoms with E-state index in [2.05, 4.69) is 20.1 Å². The van der Waals surface area contributed by atoms with Gasteiger partial charge in [-0.3, -0.25) is 4.68 Å². The van der Waals surface area contributed by atoms with Crippen molar-refractivity contribution < 1.29 is 9.84 Å². The fourth-order valence-corrected chi connectivity index (χ4v) is 3.13. The highest BCUT2D eigenvalue weighted by molar-refractivity contribution is 5.83. The quantitative estimate of drug-likeness (QED) is 0.728. The first kappa shape index (κ1) is 15.8. The number of aryl methyl sites for hydroxylation is 2. The number of ether oxygens (including phenoxy) is 1. The summed E-state index contributed by atoms with van der Waals surface area (Å²) in [6.45, 7) is 6.60. The van der Waals surface area contributed by atoms with Crippen molar-refractivity contribution in [2.75, 3.05) is 18.0 Å². The minimum Gasteiger partial charge on any atom is -0.482 e. The Hall–Kier alpha value is -2.68. The van der Waals surface area contributed by atoms with Gasteiger partial charge < -0.3 is 19.3 Å². The molecule has 0 aliphatic carbocycles. The molecule has 4 heterocycles. The summed E-state index contributed by atoms with van der Waals surface area (Å²) >= 11 is 0. The zero-order chi connectivity index (χ0) is 17.4. The zero-order valence-corrected chi connectivity index (χ0v) is 14.3. The second kappa shape index (κ2) is 6.32. The molecule has 0 saturated carbocycles. The van der Waals surface area contributed by atoms with Crippen molar-refractivity contribution >= 4 is 17.0 Å². The van der Waals surface area contributed by atoms with Crippen molar-refractivity contribution in [3.05, 3.63) is 25.0 Å². The van der Waals surface area contributed by atoms with Crippen molar-refractivity contribution in [1.29, 1.82) is 0 Å². The molecule has 4 rings (SSSR count). The van der Waals surface area contributed by atoms with E-state index in [4.69, 9.17) is 4.74 Å². The maximum atomic E-state index is 10.4. The monoisotopic (exact) mass is 343 g/mol. The van der Waals surface area contributed by atoms with Crippen molar-refractivity contribution in [1.82, 2.24) is 29.3 Å². The van der Waals surface area contributed by atoms with Crippen molar-refractivity contribution in [3.63, 3.8) is 0 Å². The van der Waals surface area contributed by atoms with Crippen LogP contribution in [-0.2, 0) is 13.1 Å². The predicted octanol–water partition coefficient (Wildman–Crippen LogP) is 0.691. The van der Waals surface area contributed by atoms with Crippen LogP contribution in [0.1, 0.15) is 13.8 Å². The lowest BCUT2D eigenvalue weighted by Gasteiger charge is -2.17. The van der Waals surface area contributed by atoms with Crippen LogP contribution in [0.15, 0.2) is 25.0 Å². The molecule has 9 heteroatoms. The van der Waals surface area contributed by atoms with Gasteiger partial charge in [-0.2, -0.15) is 5.10 Å². The van der Waals surface area contributed by atoms with Gasteiger partial charge in [0.25, 0.3) is 0 Å². The molecule has 1 aliphatic heterocycles. The Kier molecular flexibility index (Phi) is 4.00. The number of imidazole rings is 1. The summed E-state index contributed by atoms with van der Waals surface area (Å²) in [7, 11) is 0. The van der Waals surface area contributed by atoms with Crippen LogP contribution in [0, 0.1) is 0 Å². The van der Waals surface area contributed by atoms with E-state index in [0.717, 1.165) is 30.1 Å². The molecule has 0 bridgehead atoms. The number of fused-ring (bicyclic) bond motifs is 1. The number of aromatic nitrogens is 6. The van der Waals surface area contributed by atoms with Gasteiger partial charge in [-0.15, -0.1) is 0 Å². The highest BCUT2D eigenvalue weighted by Gasteiger charge is 2.35. The molecule has 1 aliphatic rings. The molecule has 25 heavy (non-hydrogen) atoms. The SMILES string of the molecule is CCn1cc(O[C@@H]2CN(c3ncnc4c3ncn4CC)C[C@H]2O)cn1. The Balaban J connectivity index is 1.56. The molecule has 1 saturated heterocycles. The lowest BCUT2D eigenvalue weighted by atomic mass is 10.3. The Morgan fingerprint density at radius 1 is 1.20 bits per heavy atom. The lowest BCUT2D eigenvalue weighted by molar-refractivity contribution is 0.0737. The molecule has 0 radical (unpaired) electrons. The molecule has 132 valence electrons. The predicted molar refractivity (Wildman–Crippen MR) is 91.5 cm³/mol. The van der Waals surface area contributed by atoms with Gasteiger partial charge in [-0.05, 0) is 13.8 Å². The summed E-state index contributed by atoms with van der Waals surface area (Å²) in [5.74, 6) is 1.39. The van der Waals surface area contributed by atoms with Gasteiger partial charge in [0.15, 0.2) is 22.7 Å². The topological polar surface area (TPSA) is 94.1 Å². The third-order valence-corrected chi connectivity index (χ3v) is 4.48. The van der Waals surface area contributed by atoms with E-state index >= 15 is 0 Å². The van der Waals surface area contributed by atoms with E-state index in [-0.39, 0.29) is 6.10 Å². The van der Waals surface area contributed by atoms with Gasteiger partial charge in [0.2, 0.25) is 0 Å². The van der Waals surface area contributed by atoms with E-state index in [9.17, 15) is 5.11 Å². The number of hydrogen-bond donors (Lipinski definition) is 1. The summed E-state index contributed by atoms with van der Waals surface area (Å²) in [6.07, 6.45) is 5.86. The van der Waals surface area contributed by atoms with Crippen LogP contribution in [0.4, 0.5) is 5.82 Å². The summed E-state index contributed by atoms with van der Waals surface area (Å²) < 4.78 is 9.68. The number of anilines is 1. The third-order valence-electron chi connectivity index (χ3n) is 4.48. The molecule has 9 nitrogen and oxygen atoms in total. The Morgan fingerprint density at radius 3 is 2.84 bits per heavy atom. The Bertz CT molecular complexity index is 874. The van der Waals surface area contributed by atoms with E-state index in [1.165, 1.54) is 6.33 Å². The molecule has 1 fully saturated rings. The number of nitrogens with zero attached hydrogens (tertiary/aromatic N) is 7. The first-order valence-corrected chi connectivity index (χ1v) is 8.47. The number of β-amino-alcohol motifs (C(OH)–C–C–N with tert-alkyl or cyclic N) is 1. The van der Waals surface area contributed by atoms with Crippen LogP contribution in [0.5, 0.6) is 5.75 Å². The number of hydrogen-bond acceptors (Lipinski definition) is 7. The van der Waals surface area contributed by atoms with Gasteiger partial charge in [0.1, 0.15) is 18.5 Å². The van der Waals surface area contributed by atoms with Gasteiger partial charge in [0.05, 0.1) is 25.3 Å². The lowest BCUT2D eigenvalue weighted by Crippen LogP contribution is -2.29. The first-order chi connectivity index (χ1) is 12.2. The highest BCUT2D eigenvalue weighted by Crippen LogP contribution is 2.27. The van der Waals surface area contributed by atoms with Crippen LogP contribution in [0.3, 0.4) is 0 Å². The van der Waals surface area contributed by atoms with Crippen LogP contribution < -0.4 is 9.64 Å². The third kappa shape index (κ3) is 2.80. The molecule has 3 aromatic rings. The van der Waals surface area contributed by atoms with Crippen LogP contribution >= 0.6 is 0 Å². The van der Waals surface area contributed by atoms with Crippen LogP contribution in [-0.4, -0.2) is 59.7 Å². The number of aliphatic hydroxyl groups is 1. The number of aliphatic hydroxyl groups excluding tert-OH is 1. The summed E-state index contributed by atoms with van der Waals surface area (Å²) in [5.41, 5.74) is 1.55. The maximum absolute atomic E-state index is 10.4. The average molecular weight is 343 g/mol. The molecule has 3 aromatic heterocycles. The van der Waals surface area contributed by atoms with Gasteiger partial charge in [0, 0.05) is 19.6 Å². The fraction of sp³-hybridized carbons (Fsp3) is 0.500. The Morgan fingerprint density at radius 2 is 2.08 bits per heavy atom. The van der Waals surface area contributed by atoms with Gasteiger partial charge in [-0.1, -0.05) is 0 Å². The highest BCUT2D eigenvalue weighted by atomic mass is 16.5. The molecule has 0 unspecified atom stereocenters. The smallest absolute Gasteiger partial charge is 0.165 e. The minimum absolute atomic E-state index is 0.340. The summed E-state index contributed by atoms with van der Waals surface area (Å²) in [6, 6.07) is 0. The normalized spacial score (nSPS) is 20.5. The molecule has 0 aromatic carbocycles. The summed E-state index contributed by atoms with van der Waals surface area (Å²) in [4.78, 5) is 15.1. The summed E-state index contributed by atoms with van der Waals surface area (Å²) in [5, 5.41) is 14.6. The zero-order valence-electron chi connectivity index (χ0n) is 14.3. The van der Waals surface area contributed by atoms with Crippen LogP contribution in [0.25, 0.3) is 11.2 Å². The molecule has 0 amide bonds. The molecule has 1 N–H and O–H groups in total. The van der Waals surface area contributed by atoms with E-state index in [1.54, 1.807) is 17.2 Å². The second-order valence-electron chi connectivity index (χ2n) is 6.06. The fourth-order valence-electron chi connectivity index (χ4n) is 3.13. The molecular formula is C16H21N7O2. The number of rotatable bonds is 5. The first-order valence-electron chi connectivity index (χ1n) is 8.47. The average Bonchev–Trinajstić information content (AvgIpc) is 3.33. The second-order valence-corrected chi connectivity index (χ2v) is 6.06. The molecule has 0 spiro atoms. The van der Waals surface area contributed by atoms with E-state index < -0.39 is 6.10 Å². The van der Waals surface area contributed by atoms with Crippen molar-refractivity contribution in [2.24, 2.45) is 0 Å². The minimum atomic E-state index is -0.608. The van der Waals surface area contributed by atoms with Gasteiger partial charge >= 0.3 is 0 Å². The standard InChI is InChI=1S/C16H21N7O2/c1-3-21-10-19-14-15(21)17-9-18-16(14)22-7-12(24)13(8-22)25-11-5-20-23(4-2)6-11/h5-6,9-10,12-13,24H,3-4,7-8H2,1-2H3/t12-,13-/m1/s1. The van der Waals surface area contributed by atoms with E-state index in [1.807, 2.05) is 29.5 Å². The molecular weight excluding hydrogens is 322 g/mol. The van der Waals surface area contributed by atoms with Crippen molar-refractivity contribution in [2.45, 2.75) is 39.1 Å². The molecule has 2 atom stereocenters. The maximum Gasteiger partial charge on any atom is 0.165 e. The van der Waals surface area contributed by atoms with E-state index in [0.29, 0.717) is 18.8 Å². The van der Waals surface area contributed by atoms with Crippen molar-refractivity contribution in [3.8, 4) is 5.75 Å². The van der Waals surface area contributed by atoms with Crippen LogP contribution in [0.2, 0.25) is 0 Å². The van der Waals surface area contributed by atoms with Gasteiger partial charge in [-0.25, -0.2) is 15.0 Å². The largest absolute Gasteiger partial charge is 0.482 e.